The third kappa shape index (κ3) is 3.40. The molecule has 0 amide bonds. The summed E-state index contributed by atoms with van der Waals surface area (Å²) in [6, 6.07) is 10.5. The van der Waals surface area contributed by atoms with Crippen molar-refractivity contribution in [3.63, 3.8) is 0 Å². The Hall–Kier alpha value is -2.14. The Morgan fingerprint density at radius 3 is 2.50 bits per heavy atom. The molecule has 0 bridgehead atoms. The van der Waals surface area contributed by atoms with Gasteiger partial charge in [0.2, 0.25) is 0 Å². The highest BCUT2D eigenvalue weighted by Gasteiger charge is 2.31. The normalized spacial score (nSPS) is 23.6. The summed E-state index contributed by atoms with van der Waals surface area (Å²) in [5.41, 5.74) is 2.40. The highest BCUT2D eigenvalue weighted by molar-refractivity contribution is 5.43. The van der Waals surface area contributed by atoms with E-state index in [0.717, 1.165) is 61.9 Å². The number of aromatic nitrogens is 2. The molecular weight excluding hydrogens is 326 g/mol. The van der Waals surface area contributed by atoms with Crippen molar-refractivity contribution in [3.05, 3.63) is 47.4 Å². The number of aliphatic hydroxyl groups is 1. The van der Waals surface area contributed by atoms with Gasteiger partial charge >= 0.3 is 0 Å². The van der Waals surface area contributed by atoms with Gasteiger partial charge in [0.25, 0.3) is 0 Å². The summed E-state index contributed by atoms with van der Waals surface area (Å²) in [7, 11) is 1.75. The lowest BCUT2D eigenvalue weighted by molar-refractivity contribution is 0.0731. The van der Waals surface area contributed by atoms with Crippen LogP contribution in [0, 0.1) is 6.92 Å². The molecule has 138 valence electrons. The zero-order valence-corrected chi connectivity index (χ0v) is 15.6. The Kier molecular flexibility index (Phi) is 4.81. The number of nitrogens with zero attached hydrogens (tertiary/aromatic N) is 3. The van der Waals surface area contributed by atoms with E-state index in [1.54, 1.807) is 7.11 Å². The smallest absolute Gasteiger partial charge is 0.132 e. The Bertz CT molecular complexity index is 766. The van der Waals surface area contributed by atoms with Gasteiger partial charge in [-0.1, -0.05) is 18.2 Å². The average Bonchev–Trinajstić information content (AvgIpc) is 2.65. The van der Waals surface area contributed by atoms with Gasteiger partial charge in [0.05, 0.1) is 13.2 Å². The summed E-state index contributed by atoms with van der Waals surface area (Å²) in [5, 5.41) is 9.58. The minimum absolute atomic E-state index is 0.157. The van der Waals surface area contributed by atoms with Crippen LogP contribution in [0.4, 0.5) is 5.82 Å². The van der Waals surface area contributed by atoms with E-state index in [4.69, 9.17) is 4.74 Å². The topological polar surface area (TPSA) is 58.5 Å². The van der Waals surface area contributed by atoms with Gasteiger partial charge in [-0.15, -0.1) is 0 Å². The fourth-order valence-electron chi connectivity index (χ4n) is 4.20. The first-order valence-electron chi connectivity index (χ1n) is 9.55. The van der Waals surface area contributed by atoms with Crippen molar-refractivity contribution in [2.24, 2.45) is 0 Å². The molecule has 1 aliphatic carbocycles. The molecule has 26 heavy (non-hydrogen) atoms. The third-order valence-electron chi connectivity index (χ3n) is 5.77. The van der Waals surface area contributed by atoms with Crippen LogP contribution in [0.1, 0.15) is 54.6 Å². The first-order valence-corrected chi connectivity index (χ1v) is 9.55. The number of para-hydroxylation sites is 1. The second kappa shape index (κ2) is 7.23. The molecule has 2 aliphatic rings. The number of methoxy groups -OCH3 is 1. The SMILES string of the molecule is COc1ccccc1C1CCN(c2cc(C3CC(O)C3)nc(C)n2)CC1. The Balaban J connectivity index is 1.46. The van der Waals surface area contributed by atoms with E-state index in [0.29, 0.717) is 11.8 Å². The zero-order valence-electron chi connectivity index (χ0n) is 15.6. The molecule has 1 aromatic carbocycles. The predicted molar refractivity (Wildman–Crippen MR) is 102 cm³/mol. The molecule has 1 saturated heterocycles. The molecule has 1 saturated carbocycles. The molecule has 1 aromatic heterocycles. The Morgan fingerprint density at radius 2 is 1.81 bits per heavy atom. The van der Waals surface area contributed by atoms with Gasteiger partial charge in [0, 0.05) is 30.8 Å². The maximum Gasteiger partial charge on any atom is 0.132 e. The lowest BCUT2D eigenvalue weighted by atomic mass is 9.80. The summed E-state index contributed by atoms with van der Waals surface area (Å²) in [5.74, 6) is 3.77. The molecule has 1 N–H and O–H groups in total. The molecule has 4 rings (SSSR count). The average molecular weight is 353 g/mol. The van der Waals surface area contributed by atoms with Gasteiger partial charge in [0.1, 0.15) is 17.4 Å². The van der Waals surface area contributed by atoms with Crippen molar-refractivity contribution in [1.29, 1.82) is 0 Å². The van der Waals surface area contributed by atoms with Crippen molar-refractivity contribution in [1.82, 2.24) is 9.97 Å². The number of hydrogen-bond donors (Lipinski definition) is 1. The molecule has 2 fully saturated rings. The fraction of sp³-hybridized carbons (Fsp3) is 0.524. The summed E-state index contributed by atoms with van der Waals surface area (Å²) < 4.78 is 5.54. The van der Waals surface area contributed by atoms with Crippen molar-refractivity contribution in [3.8, 4) is 5.75 Å². The van der Waals surface area contributed by atoms with Crippen LogP contribution in [0.15, 0.2) is 30.3 Å². The molecule has 0 atom stereocenters. The van der Waals surface area contributed by atoms with Gasteiger partial charge in [0.15, 0.2) is 0 Å². The van der Waals surface area contributed by atoms with Crippen LogP contribution in [0.3, 0.4) is 0 Å². The highest BCUT2D eigenvalue weighted by atomic mass is 16.5. The number of aliphatic hydroxyl groups excluding tert-OH is 1. The van der Waals surface area contributed by atoms with Crippen molar-refractivity contribution >= 4 is 5.82 Å². The van der Waals surface area contributed by atoms with Gasteiger partial charge in [-0.3, -0.25) is 0 Å². The summed E-state index contributed by atoms with van der Waals surface area (Å²) in [6.45, 7) is 3.95. The highest BCUT2D eigenvalue weighted by Crippen LogP contribution is 2.38. The third-order valence-corrected chi connectivity index (χ3v) is 5.77. The lowest BCUT2D eigenvalue weighted by Gasteiger charge is -2.35. The minimum Gasteiger partial charge on any atom is -0.496 e. The van der Waals surface area contributed by atoms with Crippen LogP contribution in [0.25, 0.3) is 0 Å². The van der Waals surface area contributed by atoms with E-state index in [-0.39, 0.29) is 6.10 Å². The molecule has 1 aliphatic heterocycles. The van der Waals surface area contributed by atoms with E-state index >= 15 is 0 Å². The number of ether oxygens (including phenoxy) is 1. The van der Waals surface area contributed by atoms with E-state index in [2.05, 4.69) is 39.1 Å². The second-order valence-corrected chi connectivity index (χ2v) is 7.52. The number of benzene rings is 1. The van der Waals surface area contributed by atoms with Crippen molar-refractivity contribution in [2.75, 3.05) is 25.1 Å². The first-order chi connectivity index (χ1) is 12.6. The van der Waals surface area contributed by atoms with Crippen LogP contribution in [-0.2, 0) is 0 Å². The standard InChI is InChI=1S/C21H27N3O2/c1-14-22-19(16-11-17(25)12-16)13-21(23-14)24-9-7-15(8-10-24)18-5-3-4-6-20(18)26-2/h3-6,13,15-17,25H,7-12H2,1-2H3. The summed E-state index contributed by atoms with van der Waals surface area (Å²) >= 11 is 0. The van der Waals surface area contributed by atoms with Crippen LogP contribution in [-0.4, -0.2) is 41.4 Å². The molecule has 5 nitrogen and oxygen atoms in total. The van der Waals surface area contributed by atoms with Crippen LogP contribution < -0.4 is 9.64 Å². The first kappa shape index (κ1) is 17.3. The van der Waals surface area contributed by atoms with Gasteiger partial charge < -0.3 is 14.7 Å². The molecule has 2 heterocycles. The molecule has 0 radical (unpaired) electrons. The van der Waals surface area contributed by atoms with Crippen LogP contribution in [0.2, 0.25) is 0 Å². The molecule has 0 unspecified atom stereocenters. The minimum atomic E-state index is -0.157. The monoisotopic (exact) mass is 353 g/mol. The summed E-state index contributed by atoms with van der Waals surface area (Å²) in [4.78, 5) is 11.7. The Labute approximate surface area is 155 Å². The fourth-order valence-corrected chi connectivity index (χ4v) is 4.20. The number of piperidine rings is 1. The quantitative estimate of drug-likeness (QED) is 0.913. The molecule has 2 aromatic rings. The van der Waals surface area contributed by atoms with E-state index < -0.39 is 0 Å². The predicted octanol–water partition coefficient (Wildman–Crippen LogP) is 3.42. The molecular formula is C21H27N3O2. The van der Waals surface area contributed by atoms with E-state index in [9.17, 15) is 5.11 Å². The van der Waals surface area contributed by atoms with Crippen molar-refractivity contribution in [2.45, 2.75) is 50.5 Å². The van der Waals surface area contributed by atoms with Crippen LogP contribution >= 0.6 is 0 Å². The zero-order chi connectivity index (χ0) is 18.1. The van der Waals surface area contributed by atoms with Gasteiger partial charge in [-0.2, -0.15) is 0 Å². The number of anilines is 1. The largest absolute Gasteiger partial charge is 0.496 e. The van der Waals surface area contributed by atoms with Gasteiger partial charge in [-0.05, 0) is 50.2 Å². The van der Waals surface area contributed by atoms with E-state index in [1.807, 2.05) is 13.0 Å². The summed E-state index contributed by atoms with van der Waals surface area (Å²) in [6.07, 6.45) is 3.69. The molecule has 5 heteroatoms. The maximum absolute atomic E-state index is 9.58. The van der Waals surface area contributed by atoms with Gasteiger partial charge in [-0.25, -0.2) is 9.97 Å². The van der Waals surface area contributed by atoms with Crippen LogP contribution in [0.5, 0.6) is 5.75 Å². The number of aryl methyl sites for hydroxylation is 1. The number of rotatable bonds is 4. The second-order valence-electron chi connectivity index (χ2n) is 7.52. The van der Waals surface area contributed by atoms with Crippen molar-refractivity contribution < 1.29 is 9.84 Å². The lowest BCUT2D eigenvalue weighted by Crippen LogP contribution is -2.34. The Morgan fingerprint density at radius 1 is 1.08 bits per heavy atom. The molecule has 0 spiro atoms. The number of hydrogen-bond acceptors (Lipinski definition) is 5. The maximum atomic E-state index is 9.58. The van der Waals surface area contributed by atoms with E-state index in [1.165, 1.54) is 5.56 Å².